The molecule has 10 heavy (non-hydrogen) atoms. The summed E-state index contributed by atoms with van der Waals surface area (Å²) in [6.45, 7) is 10.1. The molecule has 0 bridgehead atoms. The summed E-state index contributed by atoms with van der Waals surface area (Å²) in [5, 5.41) is 0. The number of hydrogen-bond donors (Lipinski definition) is 0. The van der Waals surface area contributed by atoms with Crippen LogP contribution in [0.3, 0.4) is 0 Å². The van der Waals surface area contributed by atoms with Crippen molar-refractivity contribution in [1.29, 1.82) is 0 Å². The van der Waals surface area contributed by atoms with E-state index in [9.17, 15) is 0 Å². The van der Waals surface area contributed by atoms with Crippen molar-refractivity contribution in [1.82, 2.24) is 0 Å². The van der Waals surface area contributed by atoms with Crippen LogP contribution in [0.1, 0.15) is 20.8 Å². The Bertz CT molecular complexity index is 127. The molecule has 2 heteroatoms. The first-order chi connectivity index (χ1) is 4.68. The molecule has 0 aliphatic carbocycles. The van der Waals surface area contributed by atoms with E-state index in [0.29, 0.717) is 5.92 Å². The van der Waals surface area contributed by atoms with Gasteiger partial charge < -0.3 is 0 Å². The predicted octanol–water partition coefficient (Wildman–Crippen LogP) is 2.94. The Morgan fingerprint density at radius 2 is 2.30 bits per heavy atom. The minimum atomic E-state index is 0.466. The number of allylic oxidation sites excluding steroid dienone is 1. The van der Waals surface area contributed by atoms with E-state index in [-0.39, 0.29) is 0 Å². The van der Waals surface area contributed by atoms with Crippen molar-refractivity contribution in [2.45, 2.75) is 20.8 Å². The highest BCUT2D eigenvalue weighted by Gasteiger charge is 1.94. The number of aliphatic imine (C=N–C) groups is 1. The third kappa shape index (κ3) is 4.62. The van der Waals surface area contributed by atoms with Gasteiger partial charge in [-0.25, -0.2) is 0 Å². The van der Waals surface area contributed by atoms with Gasteiger partial charge in [-0.3, -0.25) is 4.99 Å². The SMILES string of the molecule is C=C(N=CSCC)C(C)C. The zero-order chi connectivity index (χ0) is 7.98. The van der Waals surface area contributed by atoms with Crippen molar-refractivity contribution >= 4 is 17.3 Å². The second kappa shape index (κ2) is 5.54. The third-order valence-electron chi connectivity index (χ3n) is 1.13. The van der Waals surface area contributed by atoms with Crippen molar-refractivity contribution in [2.24, 2.45) is 10.9 Å². The fraction of sp³-hybridized carbons (Fsp3) is 0.625. The maximum absolute atomic E-state index is 4.16. The lowest BCUT2D eigenvalue weighted by atomic mass is 10.2. The molecule has 1 nitrogen and oxygen atoms in total. The molecule has 0 aromatic carbocycles. The first-order valence-corrected chi connectivity index (χ1v) is 4.56. The van der Waals surface area contributed by atoms with Gasteiger partial charge in [-0.05, 0) is 11.7 Å². The summed E-state index contributed by atoms with van der Waals surface area (Å²) >= 11 is 1.70. The molecule has 0 unspecified atom stereocenters. The van der Waals surface area contributed by atoms with E-state index < -0.39 is 0 Å². The molecule has 0 fully saturated rings. The molecule has 0 atom stereocenters. The summed E-state index contributed by atoms with van der Waals surface area (Å²) in [4.78, 5) is 4.16. The van der Waals surface area contributed by atoms with Crippen LogP contribution >= 0.6 is 11.8 Å². The number of hydrogen-bond acceptors (Lipinski definition) is 2. The molecule has 0 aromatic rings. The van der Waals surface area contributed by atoms with Gasteiger partial charge >= 0.3 is 0 Å². The molecule has 0 spiro atoms. The van der Waals surface area contributed by atoms with Gasteiger partial charge in [0.15, 0.2) is 0 Å². The molecular weight excluding hydrogens is 142 g/mol. The van der Waals surface area contributed by atoms with Gasteiger partial charge in [0, 0.05) is 5.70 Å². The molecule has 0 N–H and O–H groups in total. The summed E-state index contributed by atoms with van der Waals surface area (Å²) in [7, 11) is 0. The van der Waals surface area contributed by atoms with Gasteiger partial charge in [0.05, 0.1) is 5.55 Å². The second-order valence-electron chi connectivity index (χ2n) is 2.34. The monoisotopic (exact) mass is 157 g/mol. The average Bonchev–Trinajstić information content (AvgIpc) is 1.88. The highest BCUT2D eigenvalue weighted by molar-refractivity contribution is 8.12. The van der Waals surface area contributed by atoms with Gasteiger partial charge in [0.25, 0.3) is 0 Å². The molecule has 0 radical (unpaired) electrons. The smallest absolute Gasteiger partial charge is 0.0599 e. The Labute approximate surface area is 67.6 Å². The van der Waals surface area contributed by atoms with Crippen LogP contribution in [-0.2, 0) is 0 Å². The van der Waals surface area contributed by atoms with Crippen LogP contribution in [0.4, 0.5) is 0 Å². The fourth-order valence-electron chi connectivity index (χ4n) is 0.329. The van der Waals surface area contributed by atoms with Crippen LogP contribution in [0.15, 0.2) is 17.3 Å². The zero-order valence-corrected chi connectivity index (χ0v) is 7.74. The number of thioether (sulfide) groups is 1. The molecule has 0 aliphatic heterocycles. The Morgan fingerprint density at radius 1 is 1.70 bits per heavy atom. The molecule has 0 heterocycles. The first kappa shape index (κ1) is 9.76. The standard InChI is InChI=1S/C8H15NS/c1-5-10-6-9-8(4)7(2)3/h6-7H,4-5H2,1-3H3. The predicted molar refractivity (Wildman–Crippen MR) is 50.6 cm³/mol. The lowest BCUT2D eigenvalue weighted by Gasteiger charge is -2.00. The Morgan fingerprint density at radius 3 is 2.70 bits per heavy atom. The van der Waals surface area contributed by atoms with Gasteiger partial charge in [0.1, 0.15) is 0 Å². The van der Waals surface area contributed by atoms with E-state index in [1.54, 1.807) is 11.8 Å². The van der Waals surface area contributed by atoms with Gasteiger partial charge in [-0.15, -0.1) is 11.8 Å². The lowest BCUT2D eigenvalue weighted by molar-refractivity contribution is 0.764. The first-order valence-electron chi connectivity index (χ1n) is 3.51. The van der Waals surface area contributed by atoms with Crippen molar-refractivity contribution in [3.8, 4) is 0 Å². The average molecular weight is 157 g/mol. The molecule has 0 saturated carbocycles. The molecule has 58 valence electrons. The van der Waals surface area contributed by atoms with Crippen LogP contribution in [0.5, 0.6) is 0 Å². The lowest BCUT2D eigenvalue weighted by Crippen LogP contribution is -1.87. The Hall–Kier alpha value is -0.240. The topological polar surface area (TPSA) is 12.4 Å². The summed E-state index contributed by atoms with van der Waals surface area (Å²) in [5.41, 5.74) is 2.82. The molecule has 0 amide bonds. The van der Waals surface area contributed by atoms with E-state index in [0.717, 1.165) is 11.4 Å². The normalized spacial score (nSPS) is 11.2. The maximum atomic E-state index is 4.16. The van der Waals surface area contributed by atoms with Gasteiger partial charge in [0.2, 0.25) is 0 Å². The molecule has 0 aliphatic rings. The van der Waals surface area contributed by atoms with E-state index >= 15 is 0 Å². The second-order valence-corrected chi connectivity index (χ2v) is 3.46. The van der Waals surface area contributed by atoms with Crippen LogP contribution in [-0.4, -0.2) is 11.3 Å². The Balaban J connectivity index is 3.56. The van der Waals surface area contributed by atoms with Gasteiger partial charge in [-0.1, -0.05) is 27.4 Å². The fourth-order valence-corrected chi connectivity index (χ4v) is 0.688. The van der Waals surface area contributed by atoms with Gasteiger partial charge in [-0.2, -0.15) is 0 Å². The van der Waals surface area contributed by atoms with E-state index in [4.69, 9.17) is 0 Å². The summed E-state index contributed by atoms with van der Waals surface area (Å²) in [6, 6.07) is 0. The number of rotatable bonds is 4. The van der Waals surface area contributed by atoms with Crippen LogP contribution in [0, 0.1) is 5.92 Å². The summed E-state index contributed by atoms with van der Waals surface area (Å²) in [5.74, 6) is 1.54. The Kier molecular flexibility index (Phi) is 5.40. The summed E-state index contributed by atoms with van der Waals surface area (Å²) < 4.78 is 0. The van der Waals surface area contributed by atoms with Crippen LogP contribution in [0.2, 0.25) is 0 Å². The third-order valence-corrected chi connectivity index (χ3v) is 1.71. The van der Waals surface area contributed by atoms with E-state index in [1.807, 2.05) is 5.55 Å². The van der Waals surface area contributed by atoms with Crippen molar-refractivity contribution in [2.75, 3.05) is 5.75 Å². The molecule has 0 saturated heterocycles. The molecule has 0 rings (SSSR count). The minimum Gasteiger partial charge on any atom is -0.255 e. The quantitative estimate of drug-likeness (QED) is 0.451. The molecule has 0 aromatic heterocycles. The minimum absolute atomic E-state index is 0.466. The number of nitrogens with zero attached hydrogens (tertiary/aromatic N) is 1. The van der Waals surface area contributed by atoms with Crippen LogP contribution < -0.4 is 0 Å². The van der Waals surface area contributed by atoms with E-state index in [1.165, 1.54) is 0 Å². The maximum Gasteiger partial charge on any atom is 0.0599 e. The highest BCUT2D eigenvalue weighted by Crippen LogP contribution is 2.08. The summed E-state index contributed by atoms with van der Waals surface area (Å²) in [6.07, 6.45) is 0. The highest BCUT2D eigenvalue weighted by atomic mass is 32.2. The van der Waals surface area contributed by atoms with Crippen molar-refractivity contribution in [3.63, 3.8) is 0 Å². The van der Waals surface area contributed by atoms with E-state index in [2.05, 4.69) is 32.3 Å². The van der Waals surface area contributed by atoms with Crippen molar-refractivity contribution < 1.29 is 0 Å². The largest absolute Gasteiger partial charge is 0.255 e. The van der Waals surface area contributed by atoms with Crippen molar-refractivity contribution in [3.05, 3.63) is 12.3 Å². The van der Waals surface area contributed by atoms with Crippen LogP contribution in [0.25, 0.3) is 0 Å². The zero-order valence-electron chi connectivity index (χ0n) is 6.92. The molecular formula is C8H15NS.